The van der Waals surface area contributed by atoms with Crippen molar-refractivity contribution in [3.63, 3.8) is 0 Å². The fourth-order valence-electron chi connectivity index (χ4n) is 4.31. The summed E-state index contributed by atoms with van der Waals surface area (Å²) in [7, 11) is 0. The van der Waals surface area contributed by atoms with Crippen molar-refractivity contribution in [1.29, 1.82) is 5.26 Å². The van der Waals surface area contributed by atoms with Crippen molar-refractivity contribution in [1.82, 2.24) is 19.7 Å². The van der Waals surface area contributed by atoms with Gasteiger partial charge in [-0.25, -0.2) is 4.68 Å². The molecular formula is C20H23F3N6O2. The Morgan fingerprint density at radius 1 is 1.19 bits per heavy atom. The van der Waals surface area contributed by atoms with E-state index in [2.05, 4.69) is 26.3 Å². The van der Waals surface area contributed by atoms with Crippen molar-refractivity contribution in [2.75, 3.05) is 18.4 Å². The largest absolute Gasteiger partial charge is 0.573 e. The Morgan fingerprint density at radius 2 is 1.87 bits per heavy atom. The third-order valence-corrected chi connectivity index (χ3v) is 5.61. The van der Waals surface area contributed by atoms with Crippen molar-refractivity contribution in [2.24, 2.45) is 11.8 Å². The minimum atomic E-state index is -4.78. The standard InChI is InChI=1S/C20H23F3N6O2/c1-12(2)29-19(30-15-4-3-5-16(8-15)31-20(21,22)23)26-18(27-29)25-17-13-6-7-14(17)10-28(9-13)11-24/h3-5,8,12-14,17H,6-7,9-10H2,1-2H3,(H,25,27)/t13-,14+,17?. The lowest BCUT2D eigenvalue weighted by molar-refractivity contribution is -0.274. The SMILES string of the molecule is CC(C)n1nc(NC2[C@@H]3CC[C@H]2CN(C#N)C3)nc1Oc1cccc(OC(F)(F)F)c1. The highest BCUT2D eigenvalue weighted by atomic mass is 19.4. The summed E-state index contributed by atoms with van der Waals surface area (Å²) < 4.78 is 48.8. The molecule has 0 spiro atoms. The molecule has 1 aliphatic heterocycles. The number of nitrogens with zero attached hydrogens (tertiary/aromatic N) is 5. The minimum Gasteiger partial charge on any atom is -0.424 e. The maximum absolute atomic E-state index is 12.5. The molecule has 2 bridgehead atoms. The monoisotopic (exact) mass is 436 g/mol. The van der Waals surface area contributed by atoms with Crippen molar-refractivity contribution in [2.45, 2.75) is 45.1 Å². The average Bonchev–Trinajstić information content (AvgIpc) is 3.17. The summed E-state index contributed by atoms with van der Waals surface area (Å²) in [6, 6.07) is 5.54. The van der Waals surface area contributed by atoms with Crippen molar-refractivity contribution < 1.29 is 22.6 Å². The van der Waals surface area contributed by atoms with Crippen molar-refractivity contribution in [3.8, 4) is 23.7 Å². The Hall–Kier alpha value is -3.16. The van der Waals surface area contributed by atoms with Crippen LogP contribution < -0.4 is 14.8 Å². The number of likely N-dealkylation sites (tertiary alicyclic amines) is 1. The van der Waals surface area contributed by atoms with Crippen LogP contribution in [0.3, 0.4) is 0 Å². The summed E-state index contributed by atoms with van der Waals surface area (Å²) in [5.41, 5.74) is 0. The predicted molar refractivity (Wildman–Crippen MR) is 104 cm³/mol. The minimum absolute atomic E-state index is 0.0789. The normalized spacial score (nSPS) is 23.0. The van der Waals surface area contributed by atoms with Crippen LogP contribution in [0.4, 0.5) is 19.1 Å². The molecule has 2 aromatic rings. The molecular weight excluding hydrogens is 413 g/mol. The molecule has 0 amide bonds. The van der Waals surface area contributed by atoms with Gasteiger partial charge in [-0.1, -0.05) is 6.07 Å². The summed E-state index contributed by atoms with van der Waals surface area (Å²) in [4.78, 5) is 6.23. The molecule has 1 saturated heterocycles. The number of alkyl halides is 3. The van der Waals surface area contributed by atoms with E-state index in [9.17, 15) is 18.4 Å². The van der Waals surface area contributed by atoms with Gasteiger partial charge in [0, 0.05) is 25.2 Å². The van der Waals surface area contributed by atoms with Gasteiger partial charge in [-0.2, -0.15) is 10.2 Å². The maximum atomic E-state index is 12.5. The van der Waals surface area contributed by atoms with Gasteiger partial charge in [0.2, 0.25) is 5.95 Å². The molecule has 11 heteroatoms. The first-order valence-electron chi connectivity index (χ1n) is 10.1. The van der Waals surface area contributed by atoms with Gasteiger partial charge < -0.3 is 19.7 Å². The van der Waals surface area contributed by atoms with Gasteiger partial charge in [-0.15, -0.1) is 18.3 Å². The number of nitriles is 1. The van der Waals surface area contributed by atoms with E-state index >= 15 is 0 Å². The highest BCUT2D eigenvalue weighted by molar-refractivity contribution is 5.36. The summed E-state index contributed by atoms with van der Waals surface area (Å²) in [5.74, 6) is 0.860. The zero-order valence-electron chi connectivity index (χ0n) is 17.1. The van der Waals surface area contributed by atoms with Gasteiger partial charge in [0.1, 0.15) is 11.5 Å². The third kappa shape index (κ3) is 4.78. The van der Waals surface area contributed by atoms with Crippen LogP contribution in [0.5, 0.6) is 17.5 Å². The molecule has 8 nitrogen and oxygen atoms in total. The lowest BCUT2D eigenvalue weighted by Crippen LogP contribution is -2.46. The summed E-state index contributed by atoms with van der Waals surface area (Å²) >= 11 is 0. The van der Waals surface area contributed by atoms with E-state index in [1.165, 1.54) is 18.2 Å². The fraction of sp³-hybridized carbons (Fsp3) is 0.550. The van der Waals surface area contributed by atoms with E-state index in [1.807, 2.05) is 13.8 Å². The number of benzene rings is 1. The van der Waals surface area contributed by atoms with Crippen LogP contribution in [0.15, 0.2) is 24.3 Å². The molecule has 166 valence electrons. The van der Waals surface area contributed by atoms with Crippen LogP contribution in [-0.2, 0) is 0 Å². The molecule has 1 aromatic carbocycles. The number of ether oxygens (including phenoxy) is 2. The molecule has 1 aliphatic carbocycles. The highest BCUT2D eigenvalue weighted by Gasteiger charge is 2.42. The Morgan fingerprint density at radius 3 is 2.48 bits per heavy atom. The Balaban J connectivity index is 1.51. The van der Waals surface area contributed by atoms with E-state index in [0.717, 1.165) is 18.9 Å². The molecule has 2 aliphatic rings. The van der Waals surface area contributed by atoms with Gasteiger partial charge in [0.05, 0.1) is 6.04 Å². The van der Waals surface area contributed by atoms with Gasteiger partial charge in [0.25, 0.3) is 0 Å². The third-order valence-electron chi connectivity index (χ3n) is 5.61. The van der Waals surface area contributed by atoms with Gasteiger partial charge in [0.15, 0.2) is 6.19 Å². The van der Waals surface area contributed by atoms with E-state index in [1.54, 1.807) is 9.58 Å². The van der Waals surface area contributed by atoms with Crippen LogP contribution in [-0.4, -0.2) is 45.2 Å². The van der Waals surface area contributed by atoms with E-state index < -0.39 is 6.36 Å². The molecule has 0 radical (unpaired) electrons. The average molecular weight is 436 g/mol. The highest BCUT2D eigenvalue weighted by Crippen LogP contribution is 2.38. The van der Waals surface area contributed by atoms with Gasteiger partial charge in [-0.05, 0) is 50.7 Å². The number of aromatic nitrogens is 3. The van der Waals surface area contributed by atoms with Crippen LogP contribution in [0.1, 0.15) is 32.7 Å². The smallest absolute Gasteiger partial charge is 0.424 e. The zero-order chi connectivity index (χ0) is 22.2. The predicted octanol–water partition coefficient (Wildman–Crippen LogP) is 4.15. The Labute approximate surface area is 177 Å². The maximum Gasteiger partial charge on any atom is 0.573 e. The molecule has 4 rings (SSSR count). The molecule has 1 N–H and O–H groups in total. The second-order valence-electron chi connectivity index (χ2n) is 8.15. The number of hydrogen-bond donors (Lipinski definition) is 1. The molecule has 2 fully saturated rings. The first-order chi connectivity index (χ1) is 14.7. The number of piperidine rings is 1. The molecule has 2 heterocycles. The first-order valence-corrected chi connectivity index (χ1v) is 10.1. The first kappa shape index (κ1) is 21.1. The summed E-state index contributed by atoms with van der Waals surface area (Å²) in [6.45, 7) is 5.24. The van der Waals surface area contributed by atoms with Crippen LogP contribution in [0, 0.1) is 23.3 Å². The number of fused-ring (bicyclic) bond motifs is 2. The molecule has 3 atom stereocenters. The molecule has 31 heavy (non-hydrogen) atoms. The van der Waals surface area contributed by atoms with E-state index in [0.29, 0.717) is 30.9 Å². The van der Waals surface area contributed by atoms with Crippen LogP contribution >= 0.6 is 0 Å². The second-order valence-corrected chi connectivity index (χ2v) is 8.15. The molecule has 1 saturated carbocycles. The van der Waals surface area contributed by atoms with Gasteiger partial charge >= 0.3 is 12.4 Å². The number of hydrogen-bond acceptors (Lipinski definition) is 7. The summed E-state index contributed by atoms with van der Waals surface area (Å²) in [5, 5.41) is 17.1. The number of anilines is 1. The van der Waals surface area contributed by atoms with Gasteiger partial charge in [-0.3, -0.25) is 0 Å². The topological polar surface area (TPSA) is 88.2 Å². The lowest BCUT2D eigenvalue weighted by atomic mass is 9.92. The zero-order valence-corrected chi connectivity index (χ0v) is 17.1. The molecule has 1 aromatic heterocycles. The number of rotatable bonds is 6. The van der Waals surface area contributed by atoms with Crippen LogP contribution in [0.2, 0.25) is 0 Å². The Kier molecular flexibility index (Phi) is 5.56. The number of nitrogens with one attached hydrogen (secondary N) is 1. The number of halogens is 3. The van der Waals surface area contributed by atoms with Crippen molar-refractivity contribution >= 4 is 5.95 Å². The van der Waals surface area contributed by atoms with Crippen LogP contribution in [0.25, 0.3) is 0 Å². The van der Waals surface area contributed by atoms with E-state index in [4.69, 9.17) is 4.74 Å². The van der Waals surface area contributed by atoms with E-state index in [-0.39, 0.29) is 29.6 Å². The lowest BCUT2D eigenvalue weighted by Gasteiger charge is -2.35. The quantitative estimate of drug-likeness (QED) is 0.681. The second kappa shape index (κ2) is 8.17. The fourth-order valence-corrected chi connectivity index (χ4v) is 4.31. The van der Waals surface area contributed by atoms with Crippen molar-refractivity contribution in [3.05, 3.63) is 24.3 Å². The molecule has 1 unspecified atom stereocenters. The summed E-state index contributed by atoms with van der Waals surface area (Å²) in [6.07, 6.45) is -0.466. The Bertz CT molecular complexity index is 957.